The molecule has 2 aliphatic rings. The number of nitrogens with zero attached hydrogens (tertiary/aromatic N) is 2. The van der Waals surface area contributed by atoms with E-state index in [9.17, 15) is 10.5 Å². The summed E-state index contributed by atoms with van der Waals surface area (Å²) in [6, 6.07) is 10.6. The SMILES string of the molecule is COc1ccc(C2(C#N)CCCC(C#N)C2)cc1OCC1CC1. The maximum absolute atomic E-state index is 9.82. The summed E-state index contributed by atoms with van der Waals surface area (Å²) in [5.74, 6) is 2.04. The minimum Gasteiger partial charge on any atom is -0.493 e. The van der Waals surface area contributed by atoms with E-state index >= 15 is 0 Å². The van der Waals surface area contributed by atoms with Crippen molar-refractivity contribution in [1.29, 1.82) is 10.5 Å². The van der Waals surface area contributed by atoms with Crippen LogP contribution in [0.1, 0.15) is 44.1 Å². The molecule has 0 aliphatic heterocycles. The number of benzene rings is 1. The molecule has 2 atom stereocenters. The number of hydrogen-bond donors (Lipinski definition) is 0. The lowest BCUT2D eigenvalue weighted by Gasteiger charge is -2.34. The Labute approximate surface area is 137 Å². The van der Waals surface area contributed by atoms with Gasteiger partial charge in [-0.05, 0) is 55.7 Å². The van der Waals surface area contributed by atoms with Crippen molar-refractivity contribution < 1.29 is 9.47 Å². The highest BCUT2D eigenvalue weighted by molar-refractivity contribution is 5.47. The number of nitriles is 2. The standard InChI is InChI=1S/C19H22N2O2/c1-22-17-7-6-16(9-18(17)23-12-14-4-5-14)19(13-21)8-2-3-15(10-19)11-20/h6-7,9,14-15H,2-5,8,10,12H2,1H3. The smallest absolute Gasteiger partial charge is 0.161 e. The summed E-state index contributed by atoms with van der Waals surface area (Å²) in [5, 5.41) is 19.1. The summed E-state index contributed by atoms with van der Waals surface area (Å²) in [5.41, 5.74) is 0.370. The largest absolute Gasteiger partial charge is 0.493 e. The quantitative estimate of drug-likeness (QED) is 0.825. The van der Waals surface area contributed by atoms with Crippen LogP contribution in [0.2, 0.25) is 0 Å². The maximum atomic E-state index is 9.82. The fraction of sp³-hybridized carbons (Fsp3) is 0.579. The van der Waals surface area contributed by atoms with E-state index in [-0.39, 0.29) is 5.92 Å². The van der Waals surface area contributed by atoms with Crippen molar-refractivity contribution in [3.63, 3.8) is 0 Å². The molecule has 0 bridgehead atoms. The molecule has 2 saturated carbocycles. The Bertz CT molecular complexity index is 654. The van der Waals surface area contributed by atoms with Crippen molar-refractivity contribution in [2.75, 3.05) is 13.7 Å². The number of ether oxygens (including phenoxy) is 2. The molecule has 4 heteroatoms. The molecule has 120 valence electrons. The zero-order valence-electron chi connectivity index (χ0n) is 13.5. The van der Waals surface area contributed by atoms with Crippen LogP contribution in [0.25, 0.3) is 0 Å². The average molecular weight is 310 g/mol. The highest BCUT2D eigenvalue weighted by Gasteiger charge is 2.39. The monoisotopic (exact) mass is 310 g/mol. The third-order valence-corrected chi connectivity index (χ3v) is 5.04. The summed E-state index contributed by atoms with van der Waals surface area (Å²) >= 11 is 0. The van der Waals surface area contributed by atoms with E-state index in [2.05, 4.69) is 12.1 Å². The molecule has 2 unspecified atom stereocenters. The number of methoxy groups -OCH3 is 1. The van der Waals surface area contributed by atoms with E-state index in [1.54, 1.807) is 7.11 Å². The molecule has 0 spiro atoms. The van der Waals surface area contributed by atoms with E-state index in [4.69, 9.17) is 9.47 Å². The van der Waals surface area contributed by atoms with Gasteiger partial charge in [0.15, 0.2) is 11.5 Å². The minimum atomic E-state index is -0.581. The van der Waals surface area contributed by atoms with Crippen LogP contribution in [-0.2, 0) is 5.41 Å². The lowest BCUT2D eigenvalue weighted by Crippen LogP contribution is -2.31. The van der Waals surface area contributed by atoms with E-state index < -0.39 is 5.41 Å². The fourth-order valence-corrected chi connectivity index (χ4v) is 3.39. The first-order chi connectivity index (χ1) is 11.2. The minimum absolute atomic E-state index is 0.0404. The summed E-state index contributed by atoms with van der Waals surface area (Å²) in [6.07, 6.45) is 5.67. The van der Waals surface area contributed by atoms with Gasteiger partial charge in [-0.3, -0.25) is 0 Å². The zero-order chi connectivity index (χ0) is 16.3. The molecule has 0 radical (unpaired) electrons. The number of rotatable bonds is 5. The van der Waals surface area contributed by atoms with Crippen molar-refractivity contribution in [2.45, 2.75) is 43.9 Å². The van der Waals surface area contributed by atoms with Gasteiger partial charge in [0.1, 0.15) is 0 Å². The van der Waals surface area contributed by atoms with Crippen molar-refractivity contribution >= 4 is 0 Å². The third kappa shape index (κ3) is 3.27. The van der Waals surface area contributed by atoms with Gasteiger partial charge in [0.25, 0.3) is 0 Å². The lowest BCUT2D eigenvalue weighted by molar-refractivity contribution is 0.277. The molecule has 2 fully saturated rings. The highest BCUT2D eigenvalue weighted by atomic mass is 16.5. The van der Waals surface area contributed by atoms with Crippen molar-refractivity contribution in [3.05, 3.63) is 23.8 Å². The fourth-order valence-electron chi connectivity index (χ4n) is 3.39. The highest BCUT2D eigenvalue weighted by Crippen LogP contribution is 2.44. The lowest BCUT2D eigenvalue weighted by atomic mass is 9.67. The van der Waals surface area contributed by atoms with E-state index in [1.807, 2.05) is 18.2 Å². The zero-order valence-corrected chi connectivity index (χ0v) is 13.5. The molecular weight excluding hydrogens is 288 g/mol. The normalized spacial score (nSPS) is 26.8. The molecule has 0 saturated heterocycles. The van der Waals surface area contributed by atoms with Crippen LogP contribution in [0, 0.1) is 34.5 Å². The van der Waals surface area contributed by atoms with Gasteiger partial charge in [-0.1, -0.05) is 12.5 Å². The van der Waals surface area contributed by atoms with Gasteiger partial charge in [0.05, 0.1) is 31.3 Å². The van der Waals surface area contributed by atoms with Gasteiger partial charge in [0, 0.05) is 5.92 Å². The molecule has 4 nitrogen and oxygen atoms in total. The summed E-state index contributed by atoms with van der Waals surface area (Å²) in [6.45, 7) is 0.709. The van der Waals surface area contributed by atoms with Crippen LogP contribution in [0.4, 0.5) is 0 Å². The Morgan fingerprint density at radius 1 is 1.22 bits per heavy atom. The molecule has 3 rings (SSSR count). The first-order valence-corrected chi connectivity index (χ1v) is 8.33. The molecule has 0 N–H and O–H groups in total. The van der Waals surface area contributed by atoms with Gasteiger partial charge in [0.2, 0.25) is 0 Å². The Morgan fingerprint density at radius 3 is 2.70 bits per heavy atom. The Kier molecular flexibility index (Phi) is 4.44. The van der Waals surface area contributed by atoms with E-state index in [1.165, 1.54) is 12.8 Å². The van der Waals surface area contributed by atoms with Crippen molar-refractivity contribution in [3.8, 4) is 23.6 Å². The topological polar surface area (TPSA) is 66.0 Å². The Morgan fingerprint density at radius 2 is 2.04 bits per heavy atom. The van der Waals surface area contributed by atoms with Gasteiger partial charge < -0.3 is 9.47 Å². The predicted octanol–water partition coefficient (Wildman–Crippen LogP) is 3.96. The van der Waals surface area contributed by atoms with Crippen LogP contribution in [-0.4, -0.2) is 13.7 Å². The average Bonchev–Trinajstić information content (AvgIpc) is 3.44. The van der Waals surface area contributed by atoms with Gasteiger partial charge in [-0.2, -0.15) is 10.5 Å². The second-order valence-corrected chi connectivity index (χ2v) is 6.74. The summed E-state index contributed by atoms with van der Waals surface area (Å²) in [7, 11) is 1.63. The molecule has 23 heavy (non-hydrogen) atoms. The molecule has 2 aliphatic carbocycles. The van der Waals surface area contributed by atoms with Gasteiger partial charge in [-0.25, -0.2) is 0 Å². The molecule has 0 amide bonds. The third-order valence-electron chi connectivity index (χ3n) is 5.04. The van der Waals surface area contributed by atoms with Crippen molar-refractivity contribution in [1.82, 2.24) is 0 Å². The predicted molar refractivity (Wildman–Crippen MR) is 86.1 cm³/mol. The first kappa shape index (κ1) is 15.7. The van der Waals surface area contributed by atoms with Crippen molar-refractivity contribution in [2.24, 2.45) is 11.8 Å². The molecular formula is C19H22N2O2. The van der Waals surface area contributed by atoms with Crippen LogP contribution < -0.4 is 9.47 Å². The summed E-state index contributed by atoms with van der Waals surface area (Å²) in [4.78, 5) is 0. The van der Waals surface area contributed by atoms with E-state index in [0.717, 1.165) is 24.8 Å². The maximum Gasteiger partial charge on any atom is 0.161 e. The second kappa shape index (κ2) is 6.50. The van der Waals surface area contributed by atoms with Crippen LogP contribution in [0.3, 0.4) is 0 Å². The molecule has 0 aromatic heterocycles. The van der Waals surface area contributed by atoms with Crippen LogP contribution in [0.5, 0.6) is 11.5 Å². The first-order valence-electron chi connectivity index (χ1n) is 8.33. The molecule has 1 aromatic carbocycles. The Balaban J connectivity index is 1.89. The van der Waals surface area contributed by atoms with Gasteiger partial charge in [-0.15, -0.1) is 0 Å². The van der Waals surface area contributed by atoms with Crippen LogP contribution in [0.15, 0.2) is 18.2 Å². The van der Waals surface area contributed by atoms with E-state index in [0.29, 0.717) is 30.4 Å². The Hall–Kier alpha value is -2.20. The van der Waals surface area contributed by atoms with Gasteiger partial charge >= 0.3 is 0 Å². The second-order valence-electron chi connectivity index (χ2n) is 6.74. The molecule has 0 heterocycles. The number of hydrogen-bond acceptors (Lipinski definition) is 4. The molecule has 1 aromatic rings. The van der Waals surface area contributed by atoms with Crippen LogP contribution >= 0.6 is 0 Å². The summed E-state index contributed by atoms with van der Waals surface area (Å²) < 4.78 is 11.3.